The molecule has 1 amide bonds. The van der Waals surface area contributed by atoms with Crippen molar-refractivity contribution in [3.63, 3.8) is 0 Å². The van der Waals surface area contributed by atoms with Gasteiger partial charge in [-0.1, -0.05) is 6.07 Å². The highest BCUT2D eigenvalue weighted by Crippen LogP contribution is 2.30. The number of anilines is 1. The number of rotatable bonds is 3. The number of nitrogens with one attached hydrogen (secondary N) is 1. The van der Waals surface area contributed by atoms with Gasteiger partial charge in [0.15, 0.2) is 5.65 Å². The Morgan fingerprint density at radius 2 is 1.86 bits per heavy atom. The average Bonchev–Trinajstić information content (AvgIpc) is 3.11. The van der Waals surface area contributed by atoms with E-state index in [4.69, 9.17) is 0 Å². The van der Waals surface area contributed by atoms with E-state index in [0.717, 1.165) is 12.3 Å². The maximum Gasteiger partial charge on any atom is 0.417 e. The Hall–Kier alpha value is -3.17. The van der Waals surface area contributed by atoms with E-state index in [1.165, 1.54) is 34.7 Å². The summed E-state index contributed by atoms with van der Waals surface area (Å²) in [5, 5.41) is 10.8. The third kappa shape index (κ3) is 4.01. The highest BCUT2D eigenvalue weighted by atomic mass is 19.4. The lowest BCUT2D eigenvalue weighted by atomic mass is 10.0. The van der Waals surface area contributed by atoms with Gasteiger partial charge in [-0.15, -0.1) is 10.2 Å². The van der Waals surface area contributed by atoms with E-state index < -0.39 is 17.6 Å². The predicted octanol–water partition coefficient (Wildman–Crippen LogP) is 3.29. The molecule has 152 valence electrons. The maximum atomic E-state index is 13.3. The lowest BCUT2D eigenvalue weighted by Crippen LogP contribution is -2.45. The largest absolute Gasteiger partial charge is 0.417 e. The molecule has 4 rings (SSSR count). The molecule has 1 aromatic carbocycles. The van der Waals surface area contributed by atoms with Crippen LogP contribution in [-0.4, -0.2) is 39.6 Å². The quantitative estimate of drug-likeness (QED) is 0.677. The number of benzene rings is 1. The number of aromatic nitrogens is 3. The summed E-state index contributed by atoms with van der Waals surface area (Å²) in [6.07, 6.45) is -2.31. The zero-order chi connectivity index (χ0) is 20.6. The van der Waals surface area contributed by atoms with Crippen molar-refractivity contribution in [2.45, 2.75) is 25.1 Å². The number of nitrogens with zero attached hydrogens (tertiary/aromatic N) is 4. The second-order valence-electron chi connectivity index (χ2n) is 6.89. The second kappa shape index (κ2) is 7.34. The second-order valence-corrected chi connectivity index (χ2v) is 6.89. The van der Waals surface area contributed by atoms with Gasteiger partial charge in [0, 0.05) is 30.9 Å². The smallest absolute Gasteiger partial charge is 0.349 e. The van der Waals surface area contributed by atoms with Crippen LogP contribution >= 0.6 is 0 Å². The van der Waals surface area contributed by atoms with Crippen molar-refractivity contribution in [2.24, 2.45) is 0 Å². The molecule has 0 radical (unpaired) electrons. The number of hydrogen-bond donors (Lipinski definition) is 1. The summed E-state index contributed by atoms with van der Waals surface area (Å²) in [6, 6.07) is 7.58. The average molecular weight is 407 g/mol. The van der Waals surface area contributed by atoms with Crippen molar-refractivity contribution in [3.8, 4) is 0 Å². The van der Waals surface area contributed by atoms with Gasteiger partial charge < -0.3 is 10.2 Å². The van der Waals surface area contributed by atoms with Crippen molar-refractivity contribution < 1.29 is 22.4 Å². The molecule has 1 N–H and O–H groups in total. The van der Waals surface area contributed by atoms with Gasteiger partial charge in [-0.05, 0) is 43.2 Å². The summed E-state index contributed by atoms with van der Waals surface area (Å²) in [5.74, 6) is -0.504. The Morgan fingerprint density at radius 3 is 2.55 bits per heavy atom. The number of amides is 1. The van der Waals surface area contributed by atoms with Gasteiger partial charge in [-0.3, -0.25) is 9.20 Å². The number of fused-ring (bicyclic) bond motifs is 1. The molecule has 0 aliphatic carbocycles. The van der Waals surface area contributed by atoms with Crippen LogP contribution in [0.25, 0.3) is 5.65 Å². The molecule has 2 aromatic heterocycles. The fourth-order valence-corrected chi connectivity index (χ4v) is 3.38. The Balaban J connectivity index is 1.44. The number of carbonyl (C=O) groups excluding carboxylic acids is 1. The van der Waals surface area contributed by atoms with Crippen molar-refractivity contribution in [2.75, 3.05) is 18.0 Å². The zero-order valence-electron chi connectivity index (χ0n) is 15.2. The van der Waals surface area contributed by atoms with Crippen LogP contribution in [0.4, 0.5) is 23.5 Å². The predicted molar refractivity (Wildman–Crippen MR) is 97.1 cm³/mol. The van der Waals surface area contributed by atoms with Crippen molar-refractivity contribution in [1.82, 2.24) is 19.9 Å². The van der Waals surface area contributed by atoms with Crippen LogP contribution in [0.3, 0.4) is 0 Å². The molecule has 0 spiro atoms. The molecule has 3 aromatic rings. The van der Waals surface area contributed by atoms with Crippen LogP contribution in [0.1, 0.15) is 28.8 Å². The summed E-state index contributed by atoms with van der Waals surface area (Å²) in [7, 11) is 0. The highest BCUT2D eigenvalue weighted by Gasteiger charge is 2.32. The molecule has 29 heavy (non-hydrogen) atoms. The summed E-state index contributed by atoms with van der Waals surface area (Å²) in [5.41, 5.74) is -0.201. The van der Waals surface area contributed by atoms with Crippen LogP contribution in [0.15, 0.2) is 42.6 Å². The van der Waals surface area contributed by atoms with Crippen LogP contribution < -0.4 is 10.2 Å². The molecule has 0 saturated carbocycles. The Bertz CT molecular complexity index is 1040. The topological polar surface area (TPSA) is 62.5 Å². The minimum atomic E-state index is -4.45. The first-order chi connectivity index (χ1) is 13.8. The number of piperidine rings is 1. The molecular formula is C19H17F4N5O. The molecular weight excluding hydrogens is 390 g/mol. The minimum absolute atomic E-state index is 0.119. The van der Waals surface area contributed by atoms with Gasteiger partial charge in [0.25, 0.3) is 5.91 Å². The fourth-order valence-electron chi connectivity index (χ4n) is 3.38. The highest BCUT2D eigenvalue weighted by molar-refractivity contribution is 5.94. The van der Waals surface area contributed by atoms with Crippen molar-refractivity contribution >= 4 is 17.5 Å². The normalized spacial score (nSPS) is 15.7. The number of carbonyl (C=O) groups is 1. The number of hydrogen-bond acceptors (Lipinski definition) is 4. The SMILES string of the molecule is O=C(NC1CCN(c2nnc3ccc(C(F)(F)F)cn23)CC1)c1cccc(F)c1. The van der Waals surface area contributed by atoms with Gasteiger partial charge >= 0.3 is 6.18 Å². The minimum Gasteiger partial charge on any atom is -0.349 e. The molecule has 1 aliphatic heterocycles. The molecule has 1 aliphatic rings. The summed E-state index contributed by atoms with van der Waals surface area (Å²) < 4.78 is 53.6. The Labute approximate surface area is 163 Å². The molecule has 0 atom stereocenters. The van der Waals surface area contributed by atoms with E-state index in [1.807, 2.05) is 4.90 Å². The van der Waals surface area contributed by atoms with Gasteiger partial charge in [0.1, 0.15) is 5.82 Å². The van der Waals surface area contributed by atoms with Crippen molar-refractivity contribution in [1.29, 1.82) is 0 Å². The molecule has 1 fully saturated rings. The molecule has 10 heteroatoms. The standard InChI is InChI=1S/C19H17F4N5O/c20-14-3-1-2-12(10-14)17(29)24-15-6-8-27(9-7-15)18-26-25-16-5-4-13(11-28(16)18)19(21,22)23/h1-5,10-11,15H,6-9H2,(H,24,29). The molecule has 0 bridgehead atoms. The fraction of sp³-hybridized carbons (Fsp3) is 0.316. The first-order valence-corrected chi connectivity index (χ1v) is 9.04. The van der Waals surface area contributed by atoms with Crippen LogP contribution in [0, 0.1) is 5.82 Å². The molecule has 0 unspecified atom stereocenters. The lowest BCUT2D eigenvalue weighted by molar-refractivity contribution is -0.137. The Morgan fingerprint density at radius 1 is 1.10 bits per heavy atom. The van der Waals surface area contributed by atoms with Crippen LogP contribution in [0.5, 0.6) is 0 Å². The molecule has 6 nitrogen and oxygen atoms in total. The third-order valence-electron chi connectivity index (χ3n) is 4.91. The first-order valence-electron chi connectivity index (χ1n) is 9.04. The zero-order valence-corrected chi connectivity index (χ0v) is 15.2. The van der Waals surface area contributed by atoms with Crippen LogP contribution in [0.2, 0.25) is 0 Å². The molecule has 1 saturated heterocycles. The number of pyridine rings is 1. The van der Waals surface area contributed by atoms with E-state index in [9.17, 15) is 22.4 Å². The first kappa shape index (κ1) is 19.2. The van der Waals surface area contributed by atoms with E-state index in [0.29, 0.717) is 37.5 Å². The number of halogens is 4. The maximum absolute atomic E-state index is 13.3. The molecule has 3 heterocycles. The van der Waals surface area contributed by atoms with Gasteiger partial charge in [0.05, 0.1) is 5.56 Å². The lowest BCUT2D eigenvalue weighted by Gasteiger charge is -2.32. The van der Waals surface area contributed by atoms with E-state index >= 15 is 0 Å². The summed E-state index contributed by atoms with van der Waals surface area (Å²) in [4.78, 5) is 14.1. The van der Waals surface area contributed by atoms with Crippen molar-refractivity contribution in [3.05, 3.63) is 59.5 Å². The number of alkyl halides is 3. The van der Waals surface area contributed by atoms with E-state index in [-0.39, 0.29) is 17.5 Å². The summed E-state index contributed by atoms with van der Waals surface area (Å²) in [6.45, 7) is 0.982. The Kier molecular flexibility index (Phi) is 4.85. The van der Waals surface area contributed by atoms with Gasteiger partial charge in [-0.25, -0.2) is 4.39 Å². The van der Waals surface area contributed by atoms with Gasteiger partial charge in [0.2, 0.25) is 5.95 Å². The van der Waals surface area contributed by atoms with Crippen LogP contribution in [-0.2, 0) is 6.18 Å². The van der Waals surface area contributed by atoms with Gasteiger partial charge in [-0.2, -0.15) is 13.2 Å². The van der Waals surface area contributed by atoms with E-state index in [2.05, 4.69) is 15.5 Å². The third-order valence-corrected chi connectivity index (χ3v) is 4.91. The van der Waals surface area contributed by atoms with E-state index in [1.54, 1.807) is 0 Å². The monoisotopic (exact) mass is 407 g/mol. The summed E-state index contributed by atoms with van der Waals surface area (Å²) >= 11 is 0.